The van der Waals surface area contributed by atoms with Crippen LogP contribution in [0.25, 0.3) is 0 Å². The number of ether oxygens (including phenoxy) is 1. The Morgan fingerprint density at radius 1 is 1.04 bits per heavy atom. The highest BCUT2D eigenvalue weighted by Crippen LogP contribution is 2.16. The van der Waals surface area contributed by atoms with Crippen LogP contribution in [-0.2, 0) is 16.0 Å². The van der Waals surface area contributed by atoms with Crippen molar-refractivity contribution >= 4 is 17.6 Å². The van der Waals surface area contributed by atoms with Gasteiger partial charge < -0.3 is 15.2 Å². The molecular formula is C20H23NO4. The highest BCUT2D eigenvalue weighted by Gasteiger charge is 2.15. The van der Waals surface area contributed by atoms with E-state index in [1.807, 2.05) is 43.3 Å². The van der Waals surface area contributed by atoms with E-state index in [0.717, 1.165) is 11.1 Å². The highest BCUT2D eigenvalue weighted by molar-refractivity contribution is 5.94. The zero-order valence-electron chi connectivity index (χ0n) is 14.7. The van der Waals surface area contributed by atoms with Gasteiger partial charge in [-0.15, -0.1) is 0 Å². The number of amides is 1. The Hall–Kier alpha value is -2.82. The molecule has 2 aromatic rings. The maximum Gasteiger partial charge on any atom is 0.306 e. The average molecular weight is 341 g/mol. The lowest BCUT2D eigenvalue weighted by molar-refractivity contribution is -0.141. The van der Waals surface area contributed by atoms with Crippen LogP contribution < -0.4 is 10.1 Å². The monoisotopic (exact) mass is 341 g/mol. The van der Waals surface area contributed by atoms with Crippen molar-refractivity contribution < 1.29 is 19.4 Å². The summed E-state index contributed by atoms with van der Waals surface area (Å²) in [5.41, 5.74) is 2.69. The normalized spacial score (nSPS) is 12.9. The van der Waals surface area contributed by atoms with Crippen molar-refractivity contribution in [3.8, 4) is 5.75 Å². The molecule has 5 nitrogen and oxygen atoms in total. The molecule has 2 rings (SSSR count). The molecule has 0 saturated carbocycles. The molecule has 2 unspecified atom stereocenters. The van der Waals surface area contributed by atoms with Crippen LogP contribution in [0.2, 0.25) is 0 Å². The van der Waals surface area contributed by atoms with Gasteiger partial charge in [-0.2, -0.15) is 0 Å². The molecule has 0 bridgehead atoms. The maximum absolute atomic E-state index is 12.2. The first-order chi connectivity index (χ1) is 11.8. The van der Waals surface area contributed by atoms with Gasteiger partial charge in [-0.1, -0.05) is 36.8 Å². The summed E-state index contributed by atoms with van der Waals surface area (Å²) in [6, 6.07) is 14.7. The van der Waals surface area contributed by atoms with Gasteiger partial charge in [0.1, 0.15) is 5.75 Å². The fraction of sp³-hybridized carbons (Fsp3) is 0.300. The molecule has 0 saturated heterocycles. The van der Waals surface area contributed by atoms with Crippen LogP contribution in [0.3, 0.4) is 0 Å². The number of carbonyl (C=O) groups is 2. The second-order valence-electron chi connectivity index (χ2n) is 6.20. The van der Waals surface area contributed by atoms with Crippen molar-refractivity contribution in [3.05, 3.63) is 59.7 Å². The Morgan fingerprint density at radius 3 is 2.20 bits per heavy atom. The summed E-state index contributed by atoms with van der Waals surface area (Å²) >= 11 is 0. The van der Waals surface area contributed by atoms with Crippen LogP contribution in [0.15, 0.2) is 48.5 Å². The number of hydrogen-bond donors (Lipinski definition) is 2. The number of carbonyl (C=O) groups excluding carboxylic acids is 1. The Kier molecular flexibility index (Phi) is 6.17. The third-order valence-electron chi connectivity index (χ3n) is 3.89. The summed E-state index contributed by atoms with van der Waals surface area (Å²) in [5.74, 6) is -0.860. The number of benzene rings is 2. The molecule has 0 heterocycles. The highest BCUT2D eigenvalue weighted by atomic mass is 16.5. The molecule has 25 heavy (non-hydrogen) atoms. The third-order valence-corrected chi connectivity index (χ3v) is 3.89. The van der Waals surface area contributed by atoms with E-state index in [2.05, 4.69) is 5.32 Å². The number of anilines is 1. The molecule has 0 aromatic heterocycles. The molecule has 5 heteroatoms. The van der Waals surface area contributed by atoms with Crippen LogP contribution in [0.1, 0.15) is 25.0 Å². The second kappa shape index (κ2) is 8.33. The first-order valence-electron chi connectivity index (χ1n) is 8.21. The minimum Gasteiger partial charge on any atom is -0.481 e. The fourth-order valence-electron chi connectivity index (χ4n) is 2.28. The number of aliphatic carboxylic acids is 1. The molecule has 2 aromatic carbocycles. The summed E-state index contributed by atoms with van der Waals surface area (Å²) in [4.78, 5) is 23.1. The van der Waals surface area contributed by atoms with E-state index in [4.69, 9.17) is 9.84 Å². The van der Waals surface area contributed by atoms with Gasteiger partial charge in [0.05, 0.1) is 5.92 Å². The Morgan fingerprint density at radius 2 is 1.64 bits per heavy atom. The molecule has 0 aliphatic rings. The number of aryl methyl sites for hydroxylation is 1. The van der Waals surface area contributed by atoms with Gasteiger partial charge in [0.15, 0.2) is 6.10 Å². The Labute approximate surface area is 147 Å². The fourth-order valence-corrected chi connectivity index (χ4v) is 2.28. The van der Waals surface area contributed by atoms with E-state index in [0.29, 0.717) is 17.9 Å². The molecule has 0 aliphatic carbocycles. The lowest BCUT2D eigenvalue weighted by Gasteiger charge is -2.15. The molecule has 132 valence electrons. The van der Waals surface area contributed by atoms with Gasteiger partial charge in [-0.25, -0.2) is 0 Å². The average Bonchev–Trinajstić information content (AvgIpc) is 2.58. The quantitative estimate of drug-likeness (QED) is 0.806. The van der Waals surface area contributed by atoms with E-state index in [9.17, 15) is 9.59 Å². The number of hydrogen-bond acceptors (Lipinski definition) is 3. The first kappa shape index (κ1) is 18.5. The Balaban J connectivity index is 1.91. The lowest BCUT2D eigenvalue weighted by Crippen LogP contribution is -2.30. The van der Waals surface area contributed by atoms with Crippen LogP contribution in [-0.4, -0.2) is 23.1 Å². The standard InChI is InChI=1S/C20H23NO4/c1-13-4-10-18(11-5-13)25-15(3)19(22)21-17-8-6-16(7-9-17)12-14(2)20(23)24/h4-11,14-15H,12H2,1-3H3,(H,21,22)(H,23,24). The van der Waals surface area contributed by atoms with E-state index in [1.54, 1.807) is 26.0 Å². The lowest BCUT2D eigenvalue weighted by atomic mass is 10.0. The van der Waals surface area contributed by atoms with Crippen molar-refractivity contribution in [2.45, 2.75) is 33.3 Å². The second-order valence-corrected chi connectivity index (χ2v) is 6.20. The third kappa shape index (κ3) is 5.64. The summed E-state index contributed by atoms with van der Waals surface area (Å²) in [7, 11) is 0. The van der Waals surface area contributed by atoms with Gasteiger partial charge in [-0.3, -0.25) is 9.59 Å². The summed E-state index contributed by atoms with van der Waals surface area (Å²) in [5, 5.41) is 11.7. The van der Waals surface area contributed by atoms with Crippen LogP contribution in [0, 0.1) is 12.8 Å². The Bertz CT molecular complexity index is 722. The summed E-state index contributed by atoms with van der Waals surface area (Å²) in [6.07, 6.45) is -0.175. The molecule has 0 fully saturated rings. The van der Waals surface area contributed by atoms with Crippen molar-refractivity contribution in [2.75, 3.05) is 5.32 Å². The van der Waals surface area contributed by atoms with E-state index >= 15 is 0 Å². The maximum atomic E-state index is 12.2. The van der Waals surface area contributed by atoms with Gasteiger partial charge in [0.25, 0.3) is 5.91 Å². The van der Waals surface area contributed by atoms with E-state index in [-0.39, 0.29) is 5.91 Å². The van der Waals surface area contributed by atoms with Crippen molar-refractivity contribution in [3.63, 3.8) is 0 Å². The summed E-state index contributed by atoms with van der Waals surface area (Å²) < 4.78 is 5.63. The number of nitrogens with one attached hydrogen (secondary N) is 1. The van der Waals surface area contributed by atoms with Crippen LogP contribution in [0.4, 0.5) is 5.69 Å². The SMILES string of the molecule is Cc1ccc(OC(C)C(=O)Nc2ccc(CC(C)C(=O)O)cc2)cc1. The zero-order valence-corrected chi connectivity index (χ0v) is 14.7. The van der Waals surface area contributed by atoms with Crippen molar-refractivity contribution in [2.24, 2.45) is 5.92 Å². The number of carboxylic acids is 1. The van der Waals surface area contributed by atoms with Crippen molar-refractivity contribution in [1.82, 2.24) is 0 Å². The zero-order chi connectivity index (χ0) is 18.4. The first-order valence-corrected chi connectivity index (χ1v) is 8.21. The summed E-state index contributed by atoms with van der Waals surface area (Å²) in [6.45, 7) is 5.35. The van der Waals surface area contributed by atoms with Crippen molar-refractivity contribution in [1.29, 1.82) is 0 Å². The predicted molar refractivity (Wildman–Crippen MR) is 96.8 cm³/mol. The minimum absolute atomic E-state index is 0.243. The van der Waals surface area contributed by atoms with Gasteiger partial charge in [0.2, 0.25) is 0 Å². The smallest absolute Gasteiger partial charge is 0.306 e. The molecule has 1 amide bonds. The number of carboxylic acid groups (broad SMARTS) is 1. The molecule has 0 spiro atoms. The van der Waals surface area contributed by atoms with Gasteiger partial charge >= 0.3 is 5.97 Å². The largest absolute Gasteiger partial charge is 0.481 e. The van der Waals surface area contributed by atoms with Crippen LogP contribution in [0.5, 0.6) is 5.75 Å². The van der Waals surface area contributed by atoms with Gasteiger partial charge in [-0.05, 0) is 50.1 Å². The minimum atomic E-state index is -0.820. The number of rotatable bonds is 7. The molecule has 2 atom stereocenters. The molecule has 0 aliphatic heterocycles. The van der Waals surface area contributed by atoms with Crippen LogP contribution >= 0.6 is 0 Å². The van der Waals surface area contributed by atoms with E-state index < -0.39 is 18.0 Å². The van der Waals surface area contributed by atoms with Gasteiger partial charge in [0, 0.05) is 5.69 Å². The predicted octanol–water partition coefficient (Wildman–Crippen LogP) is 3.66. The molecule has 2 N–H and O–H groups in total. The molecule has 0 radical (unpaired) electrons. The molecular weight excluding hydrogens is 318 g/mol. The topological polar surface area (TPSA) is 75.6 Å². The van der Waals surface area contributed by atoms with E-state index in [1.165, 1.54) is 0 Å².